The van der Waals surface area contributed by atoms with Crippen molar-refractivity contribution < 1.29 is 19.1 Å². The zero-order valence-electron chi connectivity index (χ0n) is 16.8. The fourth-order valence-corrected chi connectivity index (χ4v) is 4.71. The van der Waals surface area contributed by atoms with E-state index in [9.17, 15) is 14.4 Å². The van der Waals surface area contributed by atoms with Crippen LogP contribution in [0.1, 0.15) is 11.1 Å². The predicted molar refractivity (Wildman–Crippen MR) is 133 cm³/mol. The molecule has 0 unspecified atom stereocenters. The maximum atomic E-state index is 13.2. The van der Waals surface area contributed by atoms with E-state index < -0.39 is 17.8 Å². The molecule has 1 N–H and O–H groups in total. The highest BCUT2D eigenvalue weighted by atomic mass is 79.9. The molecule has 0 aromatic heterocycles. The minimum Gasteiger partial charge on any atom is -0.487 e. The van der Waals surface area contributed by atoms with E-state index in [0.29, 0.717) is 25.3 Å². The van der Waals surface area contributed by atoms with Gasteiger partial charge in [-0.3, -0.25) is 14.9 Å². The van der Waals surface area contributed by atoms with Crippen LogP contribution in [0.5, 0.6) is 5.75 Å². The van der Waals surface area contributed by atoms with Gasteiger partial charge in [-0.25, -0.2) is 9.69 Å². The zero-order chi connectivity index (χ0) is 23.5. The second kappa shape index (κ2) is 9.91. The van der Waals surface area contributed by atoms with E-state index in [1.165, 1.54) is 18.2 Å². The van der Waals surface area contributed by atoms with Crippen molar-refractivity contribution in [3.63, 3.8) is 0 Å². The molecule has 1 heterocycles. The van der Waals surface area contributed by atoms with Crippen molar-refractivity contribution in [2.24, 2.45) is 0 Å². The summed E-state index contributed by atoms with van der Waals surface area (Å²) in [7, 11) is 0. The summed E-state index contributed by atoms with van der Waals surface area (Å²) in [6.07, 6.45) is 1.41. The van der Waals surface area contributed by atoms with Gasteiger partial charge in [0.05, 0.1) is 10.2 Å². The molecule has 0 bridgehead atoms. The van der Waals surface area contributed by atoms with Crippen LogP contribution in [0.3, 0.4) is 0 Å². The Morgan fingerprint density at radius 3 is 2.36 bits per heavy atom. The van der Waals surface area contributed by atoms with Gasteiger partial charge >= 0.3 is 6.03 Å². The molecule has 6 nitrogen and oxygen atoms in total. The number of halogens is 3. The Labute approximate surface area is 211 Å². The van der Waals surface area contributed by atoms with Crippen molar-refractivity contribution in [3.05, 3.63) is 97.4 Å². The van der Waals surface area contributed by atoms with Crippen LogP contribution in [0.4, 0.5) is 10.5 Å². The third kappa shape index (κ3) is 5.19. The number of hydrogen-bond donors (Lipinski definition) is 1. The topological polar surface area (TPSA) is 75.7 Å². The molecule has 33 heavy (non-hydrogen) atoms. The Balaban J connectivity index is 1.72. The number of carbonyl (C=O) groups excluding carboxylic acids is 3. The van der Waals surface area contributed by atoms with Crippen LogP contribution >= 0.6 is 43.5 Å². The number of barbiturate groups is 1. The largest absolute Gasteiger partial charge is 0.487 e. The maximum absolute atomic E-state index is 13.2. The number of hydrogen-bond acceptors (Lipinski definition) is 4. The quantitative estimate of drug-likeness (QED) is 0.288. The van der Waals surface area contributed by atoms with Crippen LogP contribution in [-0.2, 0) is 16.2 Å². The van der Waals surface area contributed by atoms with Crippen molar-refractivity contribution in [1.29, 1.82) is 0 Å². The second-order valence-electron chi connectivity index (χ2n) is 7.01. The van der Waals surface area contributed by atoms with E-state index in [0.717, 1.165) is 10.5 Å². The summed E-state index contributed by atoms with van der Waals surface area (Å²) in [5, 5.41) is 2.66. The molecule has 4 rings (SSSR count). The number of carbonyl (C=O) groups is 3. The number of nitrogens with zero attached hydrogens (tertiary/aromatic N) is 1. The molecule has 166 valence electrons. The number of rotatable bonds is 5. The normalized spacial score (nSPS) is 15.1. The van der Waals surface area contributed by atoms with Gasteiger partial charge in [-0.2, -0.15) is 0 Å². The van der Waals surface area contributed by atoms with E-state index in [2.05, 4.69) is 37.2 Å². The van der Waals surface area contributed by atoms with Crippen LogP contribution in [0, 0.1) is 0 Å². The number of anilines is 1. The lowest BCUT2D eigenvalue weighted by Gasteiger charge is -2.26. The van der Waals surface area contributed by atoms with Gasteiger partial charge in [-0.05, 0) is 64.0 Å². The Hall–Kier alpha value is -2.94. The molecule has 1 fully saturated rings. The third-order valence-corrected chi connectivity index (χ3v) is 6.05. The van der Waals surface area contributed by atoms with Gasteiger partial charge in [0.15, 0.2) is 0 Å². The van der Waals surface area contributed by atoms with Crippen LogP contribution in [0.2, 0.25) is 5.02 Å². The Kier molecular flexibility index (Phi) is 6.97. The Bertz CT molecular complexity index is 1280. The van der Waals surface area contributed by atoms with Gasteiger partial charge in [-0.15, -0.1) is 0 Å². The molecular formula is C24H15Br2ClN2O4. The molecule has 1 aliphatic heterocycles. The smallest absolute Gasteiger partial charge is 0.335 e. The summed E-state index contributed by atoms with van der Waals surface area (Å²) in [5.41, 5.74) is 1.52. The zero-order valence-corrected chi connectivity index (χ0v) is 20.8. The molecule has 3 aromatic carbocycles. The first-order chi connectivity index (χ1) is 15.8. The van der Waals surface area contributed by atoms with E-state index >= 15 is 0 Å². The van der Waals surface area contributed by atoms with Gasteiger partial charge in [0.1, 0.15) is 17.9 Å². The van der Waals surface area contributed by atoms with Crippen molar-refractivity contribution in [1.82, 2.24) is 5.32 Å². The number of urea groups is 1. The van der Waals surface area contributed by atoms with Gasteiger partial charge in [0, 0.05) is 15.1 Å². The lowest BCUT2D eigenvalue weighted by molar-refractivity contribution is -0.122. The molecule has 3 aromatic rings. The molecule has 1 aliphatic rings. The summed E-state index contributed by atoms with van der Waals surface area (Å²) in [4.78, 5) is 39.0. The highest BCUT2D eigenvalue weighted by Crippen LogP contribution is 2.35. The van der Waals surface area contributed by atoms with Crippen LogP contribution < -0.4 is 15.0 Å². The minimum atomic E-state index is -0.833. The lowest BCUT2D eigenvalue weighted by atomic mass is 10.1. The molecule has 9 heteroatoms. The minimum absolute atomic E-state index is 0.209. The second-order valence-corrected chi connectivity index (χ2v) is 9.22. The molecule has 0 spiro atoms. The highest BCUT2D eigenvalue weighted by molar-refractivity contribution is 9.11. The molecule has 0 saturated carbocycles. The first kappa shape index (κ1) is 23.2. The number of nitrogens with one attached hydrogen (secondary N) is 1. The summed E-state index contributed by atoms with van der Waals surface area (Å²) < 4.78 is 7.36. The number of imide groups is 2. The molecule has 1 saturated heterocycles. The van der Waals surface area contributed by atoms with Gasteiger partial charge < -0.3 is 4.74 Å². The van der Waals surface area contributed by atoms with E-state index in [1.54, 1.807) is 24.3 Å². The molecular weight excluding hydrogens is 576 g/mol. The van der Waals surface area contributed by atoms with Gasteiger partial charge in [-0.1, -0.05) is 57.9 Å². The highest BCUT2D eigenvalue weighted by Gasteiger charge is 2.37. The van der Waals surface area contributed by atoms with Gasteiger partial charge in [0.25, 0.3) is 11.8 Å². The Morgan fingerprint density at radius 2 is 1.67 bits per heavy atom. The molecule has 0 radical (unpaired) electrons. The van der Waals surface area contributed by atoms with Crippen molar-refractivity contribution in [2.75, 3.05) is 4.90 Å². The average Bonchev–Trinajstić information content (AvgIpc) is 2.78. The summed E-state index contributed by atoms with van der Waals surface area (Å²) >= 11 is 12.8. The molecule has 4 amide bonds. The molecule has 0 aliphatic carbocycles. The Morgan fingerprint density at radius 1 is 0.970 bits per heavy atom. The first-order valence-electron chi connectivity index (χ1n) is 9.66. The van der Waals surface area contributed by atoms with Crippen molar-refractivity contribution in [3.8, 4) is 5.75 Å². The number of ether oxygens (including phenoxy) is 1. The summed E-state index contributed by atoms with van der Waals surface area (Å²) in [5.74, 6) is -1.10. The van der Waals surface area contributed by atoms with E-state index in [-0.39, 0.29) is 17.9 Å². The van der Waals surface area contributed by atoms with Crippen LogP contribution in [0.25, 0.3) is 6.08 Å². The molecule has 0 atom stereocenters. The van der Waals surface area contributed by atoms with Crippen LogP contribution in [-0.4, -0.2) is 17.8 Å². The standard InChI is InChI=1S/C24H15Br2ClN2O4/c25-16-10-15(21(20(26)12-16)33-13-14-4-2-1-3-5-14)11-19-22(30)28-24(32)29(23(19)31)18-8-6-17(27)7-9-18/h1-12H,13H2,(H,28,30,32)/b19-11+. The van der Waals surface area contributed by atoms with Crippen molar-refractivity contribution in [2.45, 2.75) is 6.61 Å². The average molecular weight is 591 g/mol. The van der Waals surface area contributed by atoms with E-state index in [1.807, 2.05) is 30.3 Å². The fraction of sp³-hybridized carbons (Fsp3) is 0.0417. The van der Waals surface area contributed by atoms with Gasteiger partial charge in [0.2, 0.25) is 0 Å². The lowest BCUT2D eigenvalue weighted by Crippen LogP contribution is -2.54. The number of benzene rings is 3. The first-order valence-corrected chi connectivity index (χ1v) is 11.6. The van der Waals surface area contributed by atoms with Crippen molar-refractivity contribution >= 4 is 73.1 Å². The third-order valence-electron chi connectivity index (χ3n) is 4.75. The predicted octanol–water partition coefficient (Wildman–Crippen LogP) is 6.11. The van der Waals surface area contributed by atoms with Crippen LogP contribution in [0.15, 0.2) is 81.2 Å². The van der Waals surface area contributed by atoms with E-state index in [4.69, 9.17) is 16.3 Å². The monoisotopic (exact) mass is 588 g/mol. The fourth-order valence-electron chi connectivity index (χ4n) is 3.21. The number of amides is 4. The SMILES string of the molecule is O=C1NC(=O)N(c2ccc(Cl)cc2)C(=O)/C1=C/c1cc(Br)cc(Br)c1OCc1ccccc1. The summed E-state index contributed by atoms with van der Waals surface area (Å²) in [6.45, 7) is 0.284. The maximum Gasteiger partial charge on any atom is 0.335 e. The summed E-state index contributed by atoms with van der Waals surface area (Å²) in [6, 6.07) is 18.4.